The van der Waals surface area contributed by atoms with Crippen molar-refractivity contribution >= 4 is 10.1 Å². The van der Waals surface area contributed by atoms with Crippen LogP contribution >= 0.6 is 0 Å². The molecule has 0 amide bonds. The molecule has 1 fully saturated rings. The standard InChI is InChI=1S/C17H27F3O6S/c1-11(13(3)26-27(23,24)17(18,19)20)9-14(22)6-7-16-12(2)10-15(25-16)5-4-8-21/h11,14-16,21-22H,2-10H2,1H3/t11?,14-,15+,16+/m1/s1. The molecule has 1 aliphatic heterocycles. The van der Waals surface area contributed by atoms with Crippen LogP contribution in [0, 0.1) is 5.92 Å². The summed E-state index contributed by atoms with van der Waals surface area (Å²) in [5, 5.41) is 18.9. The van der Waals surface area contributed by atoms with E-state index in [-0.39, 0.29) is 25.2 Å². The second-order valence-corrected chi connectivity index (χ2v) is 8.33. The minimum atomic E-state index is -5.75. The van der Waals surface area contributed by atoms with Crippen molar-refractivity contribution in [2.24, 2.45) is 5.92 Å². The molecular formula is C17H27F3O6S. The van der Waals surface area contributed by atoms with Gasteiger partial charge in [0.2, 0.25) is 0 Å². The summed E-state index contributed by atoms with van der Waals surface area (Å²) >= 11 is 0. The summed E-state index contributed by atoms with van der Waals surface area (Å²) in [5.41, 5.74) is -4.62. The molecule has 0 aromatic carbocycles. The van der Waals surface area contributed by atoms with E-state index in [1.807, 2.05) is 0 Å². The van der Waals surface area contributed by atoms with Gasteiger partial charge in [-0.3, -0.25) is 0 Å². The van der Waals surface area contributed by atoms with Crippen molar-refractivity contribution in [3.05, 3.63) is 24.5 Å². The van der Waals surface area contributed by atoms with Gasteiger partial charge in [0.05, 0.1) is 18.3 Å². The molecule has 1 aliphatic rings. The molecule has 0 aromatic heterocycles. The van der Waals surface area contributed by atoms with Crippen LogP contribution in [0.5, 0.6) is 0 Å². The van der Waals surface area contributed by atoms with E-state index in [9.17, 15) is 26.7 Å². The Morgan fingerprint density at radius 2 is 2.04 bits per heavy atom. The van der Waals surface area contributed by atoms with Gasteiger partial charge in [-0.15, -0.1) is 0 Å². The minimum absolute atomic E-state index is 0.000647. The van der Waals surface area contributed by atoms with Crippen molar-refractivity contribution in [1.29, 1.82) is 0 Å². The maximum atomic E-state index is 12.3. The molecule has 10 heteroatoms. The first-order valence-electron chi connectivity index (χ1n) is 8.69. The van der Waals surface area contributed by atoms with Crippen molar-refractivity contribution in [2.75, 3.05) is 6.61 Å². The Hall–Kier alpha value is -1.10. The Morgan fingerprint density at radius 1 is 1.41 bits per heavy atom. The maximum absolute atomic E-state index is 12.3. The highest BCUT2D eigenvalue weighted by molar-refractivity contribution is 7.87. The van der Waals surface area contributed by atoms with Crippen molar-refractivity contribution < 1.29 is 40.7 Å². The lowest BCUT2D eigenvalue weighted by Gasteiger charge is -2.20. The van der Waals surface area contributed by atoms with Crippen LogP contribution in [0.1, 0.15) is 45.4 Å². The third-order valence-corrected chi connectivity index (χ3v) is 5.42. The van der Waals surface area contributed by atoms with E-state index in [4.69, 9.17) is 9.84 Å². The number of rotatable bonds is 11. The number of aliphatic hydroxyl groups is 2. The van der Waals surface area contributed by atoms with Gasteiger partial charge in [0.25, 0.3) is 0 Å². The number of hydrogen-bond donors (Lipinski definition) is 2. The van der Waals surface area contributed by atoms with E-state index in [0.29, 0.717) is 25.7 Å². The summed E-state index contributed by atoms with van der Waals surface area (Å²) in [7, 11) is -5.75. The van der Waals surface area contributed by atoms with Crippen LogP contribution in [0.2, 0.25) is 0 Å². The molecule has 1 heterocycles. The monoisotopic (exact) mass is 416 g/mol. The molecule has 1 unspecified atom stereocenters. The molecule has 1 saturated heterocycles. The van der Waals surface area contributed by atoms with E-state index < -0.39 is 33.4 Å². The molecule has 27 heavy (non-hydrogen) atoms. The van der Waals surface area contributed by atoms with Crippen LogP contribution in [-0.2, 0) is 19.0 Å². The number of hydrogen-bond acceptors (Lipinski definition) is 6. The van der Waals surface area contributed by atoms with E-state index in [1.54, 1.807) is 0 Å². The van der Waals surface area contributed by atoms with Crippen molar-refractivity contribution in [2.45, 2.75) is 69.3 Å². The van der Waals surface area contributed by atoms with Crippen LogP contribution in [0.4, 0.5) is 13.2 Å². The van der Waals surface area contributed by atoms with E-state index >= 15 is 0 Å². The van der Waals surface area contributed by atoms with Gasteiger partial charge in [-0.05, 0) is 44.1 Å². The number of allylic oxidation sites excluding steroid dienone is 1. The highest BCUT2D eigenvalue weighted by atomic mass is 32.2. The van der Waals surface area contributed by atoms with Gasteiger partial charge in [-0.25, -0.2) is 0 Å². The largest absolute Gasteiger partial charge is 0.534 e. The zero-order chi connectivity index (χ0) is 20.8. The van der Waals surface area contributed by atoms with Gasteiger partial charge in [0.1, 0.15) is 5.76 Å². The van der Waals surface area contributed by atoms with E-state index in [2.05, 4.69) is 17.3 Å². The van der Waals surface area contributed by atoms with Crippen LogP contribution < -0.4 is 0 Å². The van der Waals surface area contributed by atoms with Gasteiger partial charge in [-0.1, -0.05) is 20.1 Å². The predicted molar refractivity (Wildman–Crippen MR) is 93.0 cm³/mol. The summed E-state index contributed by atoms with van der Waals surface area (Å²) in [4.78, 5) is 0. The highest BCUT2D eigenvalue weighted by Crippen LogP contribution is 2.32. The summed E-state index contributed by atoms with van der Waals surface area (Å²) in [5.74, 6) is -1.36. The van der Waals surface area contributed by atoms with Crippen molar-refractivity contribution in [1.82, 2.24) is 0 Å². The lowest BCUT2D eigenvalue weighted by Crippen LogP contribution is -2.27. The molecule has 0 aliphatic carbocycles. The van der Waals surface area contributed by atoms with Gasteiger partial charge < -0.3 is 19.1 Å². The van der Waals surface area contributed by atoms with Crippen molar-refractivity contribution in [3.63, 3.8) is 0 Å². The first-order chi connectivity index (χ1) is 12.4. The number of ether oxygens (including phenoxy) is 1. The molecule has 2 N–H and O–H groups in total. The predicted octanol–water partition coefficient (Wildman–Crippen LogP) is 3.02. The average molecular weight is 416 g/mol. The lowest BCUT2D eigenvalue weighted by molar-refractivity contribution is -0.0527. The highest BCUT2D eigenvalue weighted by Gasteiger charge is 2.49. The molecule has 6 nitrogen and oxygen atoms in total. The average Bonchev–Trinajstić information content (AvgIpc) is 2.89. The lowest BCUT2D eigenvalue weighted by atomic mass is 9.96. The fraction of sp³-hybridized carbons (Fsp3) is 0.765. The number of alkyl halides is 3. The smallest absolute Gasteiger partial charge is 0.396 e. The Bertz CT molecular complexity index is 617. The second kappa shape index (κ2) is 9.90. The number of halogens is 3. The van der Waals surface area contributed by atoms with Crippen LogP contribution in [0.3, 0.4) is 0 Å². The summed E-state index contributed by atoms with van der Waals surface area (Å²) in [6, 6.07) is 0. The first kappa shape index (κ1) is 23.9. The molecule has 1 rings (SSSR count). The molecule has 0 aromatic rings. The number of aliphatic hydroxyl groups excluding tert-OH is 2. The minimum Gasteiger partial charge on any atom is -0.396 e. The summed E-state index contributed by atoms with van der Waals surface area (Å²) in [6.07, 6.45) is 1.72. The Kier molecular flexibility index (Phi) is 8.78. The third kappa shape index (κ3) is 7.44. The fourth-order valence-electron chi connectivity index (χ4n) is 2.83. The molecule has 0 bridgehead atoms. The van der Waals surface area contributed by atoms with Crippen molar-refractivity contribution in [3.8, 4) is 0 Å². The normalized spacial score (nSPS) is 23.3. The molecule has 158 valence electrons. The third-order valence-electron chi connectivity index (χ3n) is 4.42. The zero-order valence-electron chi connectivity index (χ0n) is 15.2. The summed E-state index contributed by atoms with van der Waals surface area (Å²) < 4.78 is 68.7. The summed E-state index contributed by atoms with van der Waals surface area (Å²) in [6.45, 7) is 8.68. The molecule has 4 atom stereocenters. The SMILES string of the molecule is C=C(OS(=O)(=O)C(F)(F)F)C(C)C[C@H](O)CC[C@@H]1O[C@@H](CCCO)CC1=C. The van der Waals surface area contributed by atoms with Gasteiger partial charge >= 0.3 is 15.6 Å². The van der Waals surface area contributed by atoms with Gasteiger partial charge in [0.15, 0.2) is 0 Å². The van der Waals surface area contributed by atoms with E-state index in [0.717, 1.165) is 12.0 Å². The van der Waals surface area contributed by atoms with Gasteiger partial charge in [0, 0.05) is 12.5 Å². The Labute approximate surface area is 157 Å². The topological polar surface area (TPSA) is 93.1 Å². The zero-order valence-corrected chi connectivity index (χ0v) is 16.1. The molecule has 0 radical (unpaired) electrons. The van der Waals surface area contributed by atoms with E-state index in [1.165, 1.54) is 6.92 Å². The van der Waals surface area contributed by atoms with Crippen LogP contribution in [0.15, 0.2) is 24.5 Å². The van der Waals surface area contributed by atoms with Crippen LogP contribution in [-0.4, -0.2) is 49.1 Å². The second-order valence-electron chi connectivity index (χ2n) is 6.79. The van der Waals surface area contributed by atoms with Gasteiger partial charge in [-0.2, -0.15) is 21.6 Å². The molecule has 0 saturated carbocycles. The molecular weight excluding hydrogens is 389 g/mol. The Balaban J connectivity index is 2.42. The fourth-order valence-corrected chi connectivity index (χ4v) is 3.37. The first-order valence-corrected chi connectivity index (χ1v) is 10.1. The maximum Gasteiger partial charge on any atom is 0.534 e. The molecule has 0 spiro atoms. The quantitative estimate of drug-likeness (QED) is 0.233. The Morgan fingerprint density at radius 3 is 2.59 bits per heavy atom. The van der Waals surface area contributed by atoms with Crippen LogP contribution in [0.25, 0.3) is 0 Å².